The lowest BCUT2D eigenvalue weighted by molar-refractivity contribution is -0.138. The number of hydrogen-bond acceptors (Lipinski definition) is 2. The molecule has 0 amide bonds. The highest BCUT2D eigenvalue weighted by Crippen LogP contribution is 2.13. The number of aromatic nitrogens is 2. The lowest BCUT2D eigenvalue weighted by Crippen LogP contribution is -2.06. The smallest absolute Gasteiger partial charge is 0.310 e. The molecule has 0 aliphatic rings. The van der Waals surface area contributed by atoms with Crippen LogP contribution in [0.4, 0.5) is 0 Å². The Labute approximate surface area is 70.8 Å². The van der Waals surface area contributed by atoms with Crippen LogP contribution in [0.3, 0.4) is 0 Å². The van der Waals surface area contributed by atoms with Crippen LogP contribution in [-0.4, -0.2) is 20.9 Å². The number of nitrogens with zero attached hydrogens (tertiary/aromatic N) is 2. The molecule has 0 aliphatic heterocycles. The van der Waals surface area contributed by atoms with Crippen molar-refractivity contribution < 1.29 is 9.90 Å². The van der Waals surface area contributed by atoms with E-state index in [0.717, 1.165) is 12.1 Å². The van der Waals surface area contributed by atoms with Gasteiger partial charge in [-0.3, -0.25) is 9.48 Å². The van der Waals surface area contributed by atoms with Crippen molar-refractivity contribution in [2.75, 3.05) is 0 Å². The standard InChI is InChI=1S/C8H12N2O2/c1-3-10-5-7(4-9-10)6(2)8(11)12/h4-6H,3H2,1-2H3,(H,11,12). The maximum Gasteiger partial charge on any atom is 0.310 e. The van der Waals surface area contributed by atoms with Crippen LogP contribution < -0.4 is 0 Å². The van der Waals surface area contributed by atoms with Crippen LogP contribution in [0, 0.1) is 0 Å². The predicted octanol–water partition coefficient (Wildman–Crippen LogP) is 1.09. The summed E-state index contributed by atoms with van der Waals surface area (Å²) in [6.07, 6.45) is 3.36. The molecule has 1 aromatic heterocycles. The van der Waals surface area contributed by atoms with Gasteiger partial charge in [-0.05, 0) is 13.8 Å². The Bertz CT molecular complexity index is 280. The maximum absolute atomic E-state index is 10.6. The number of aryl methyl sites for hydroxylation is 1. The predicted molar refractivity (Wildman–Crippen MR) is 44.0 cm³/mol. The molecule has 1 N–H and O–H groups in total. The van der Waals surface area contributed by atoms with Crippen LogP contribution in [0.15, 0.2) is 12.4 Å². The second-order valence-electron chi connectivity index (χ2n) is 2.69. The van der Waals surface area contributed by atoms with Crippen LogP contribution >= 0.6 is 0 Å². The molecule has 66 valence electrons. The lowest BCUT2D eigenvalue weighted by Gasteiger charge is -2.00. The van der Waals surface area contributed by atoms with Gasteiger partial charge in [-0.15, -0.1) is 0 Å². The van der Waals surface area contributed by atoms with Gasteiger partial charge in [0.25, 0.3) is 0 Å². The summed E-state index contributed by atoms with van der Waals surface area (Å²) in [6, 6.07) is 0. The van der Waals surface area contributed by atoms with Gasteiger partial charge in [0.1, 0.15) is 0 Å². The van der Waals surface area contributed by atoms with E-state index in [1.807, 2.05) is 6.92 Å². The van der Waals surface area contributed by atoms with Crippen molar-refractivity contribution >= 4 is 5.97 Å². The van der Waals surface area contributed by atoms with E-state index in [9.17, 15) is 4.79 Å². The summed E-state index contributed by atoms with van der Waals surface area (Å²) >= 11 is 0. The van der Waals surface area contributed by atoms with Crippen molar-refractivity contribution in [1.82, 2.24) is 9.78 Å². The summed E-state index contributed by atoms with van der Waals surface area (Å²) in [6.45, 7) is 4.38. The largest absolute Gasteiger partial charge is 0.481 e. The Morgan fingerprint density at radius 2 is 2.50 bits per heavy atom. The number of hydrogen-bond donors (Lipinski definition) is 1. The first kappa shape index (κ1) is 8.77. The van der Waals surface area contributed by atoms with E-state index in [1.54, 1.807) is 24.0 Å². The molecule has 0 saturated heterocycles. The molecule has 0 aliphatic carbocycles. The molecule has 1 unspecified atom stereocenters. The van der Waals surface area contributed by atoms with Crippen LogP contribution in [0.25, 0.3) is 0 Å². The fraction of sp³-hybridized carbons (Fsp3) is 0.500. The Kier molecular flexibility index (Phi) is 2.47. The van der Waals surface area contributed by atoms with Crippen LogP contribution in [0.2, 0.25) is 0 Å². The third-order valence-electron chi connectivity index (χ3n) is 1.85. The molecule has 0 bridgehead atoms. The number of aliphatic carboxylic acids is 1. The van der Waals surface area contributed by atoms with Crippen molar-refractivity contribution in [3.05, 3.63) is 18.0 Å². The summed E-state index contributed by atoms with van der Waals surface area (Å²) < 4.78 is 1.72. The topological polar surface area (TPSA) is 55.1 Å². The fourth-order valence-corrected chi connectivity index (χ4v) is 0.919. The first-order chi connectivity index (χ1) is 5.65. The SMILES string of the molecule is CCn1cc(C(C)C(=O)O)cn1. The van der Waals surface area contributed by atoms with Crippen molar-refractivity contribution in [3.63, 3.8) is 0 Å². The highest BCUT2D eigenvalue weighted by atomic mass is 16.4. The molecule has 0 radical (unpaired) electrons. The summed E-state index contributed by atoms with van der Waals surface area (Å²) in [4.78, 5) is 10.6. The monoisotopic (exact) mass is 168 g/mol. The molecule has 12 heavy (non-hydrogen) atoms. The number of rotatable bonds is 3. The molecule has 4 nitrogen and oxygen atoms in total. The molecule has 1 aromatic rings. The van der Waals surface area contributed by atoms with E-state index in [0.29, 0.717) is 0 Å². The van der Waals surface area contributed by atoms with Gasteiger partial charge >= 0.3 is 5.97 Å². The van der Waals surface area contributed by atoms with Gasteiger partial charge in [0.05, 0.1) is 12.1 Å². The molecule has 4 heteroatoms. The van der Waals surface area contributed by atoms with Crippen molar-refractivity contribution in [3.8, 4) is 0 Å². The summed E-state index contributed by atoms with van der Waals surface area (Å²) in [5.41, 5.74) is 0.754. The van der Waals surface area contributed by atoms with Crippen molar-refractivity contribution in [2.24, 2.45) is 0 Å². The average Bonchev–Trinajstić information content (AvgIpc) is 2.50. The van der Waals surface area contributed by atoms with E-state index in [4.69, 9.17) is 5.11 Å². The highest BCUT2D eigenvalue weighted by Gasteiger charge is 2.14. The second kappa shape index (κ2) is 3.38. The van der Waals surface area contributed by atoms with Crippen molar-refractivity contribution in [2.45, 2.75) is 26.3 Å². The van der Waals surface area contributed by atoms with E-state index in [1.165, 1.54) is 0 Å². The van der Waals surface area contributed by atoms with E-state index < -0.39 is 11.9 Å². The molecular weight excluding hydrogens is 156 g/mol. The Morgan fingerprint density at radius 3 is 2.92 bits per heavy atom. The fourth-order valence-electron chi connectivity index (χ4n) is 0.919. The molecule has 0 fully saturated rings. The first-order valence-corrected chi connectivity index (χ1v) is 3.90. The third kappa shape index (κ3) is 1.64. The minimum absolute atomic E-state index is 0.467. The molecule has 1 heterocycles. The summed E-state index contributed by atoms with van der Waals surface area (Å²) in [5, 5.41) is 12.7. The maximum atomic E-state index is 10.6. The minimum atomic E-state index is -0.814. The Balaban J connectivity index is 2.81. The molecule has 0 saturated carbocycles. The van der Waals surface area contributed by atoms with Gasteiger partial charge in [0, 0.05) is 18.3 Å². The minimum Gasteiger partial charge on any atom is -0.481 e. The Hall–Kier alpha value is -1.32. The van der Waals surface area contributed by atoms with Crippen LogP contribution in [0.1, 0.15) is 25.3 Å². The zero-order valence-corrected chi connectivity index (χ0v) is 7.19. The van der Waals surface area contributed by atoms with Gasteiger partial charge in [-0.2, -0.15) is 5.10 Å². The summed E-state index contributed by atoms with van der Waals surface area (Å²) in [7, 11) is 0. The summed E-state index contributed by atoms with van der Waals surface area (Å²) in [5.74, 6) is -1.28. The quantitative estimate of drug-likeness (QED) is 0.735. The molecule has 0 aromatic carbocycles. The van der Waals surface area contributed by atoms with Gasteiger partial charge in [0.2, 0.25) is 0 Å². The average molecular weight is 168 g/mol. The second-order valence-corrected chi connectivity index (χ2v) is 2.69. The zero-order valence-electron chi connectivity index (χ0n) is 7.19. The number of carboxylic acids is 1. The first-order valence-electron chi connectivity index (χ1n) is 3.90. The van der Waals surface area contributed by atoms with Crippen LogP contribution in [-0.2, 0) is 11.3 Å². The van der Waals surface area contributed by atoms with E-state index in [2.05, 4.69) is 5.10 Å². The molecule has 1 atom stereocenters. The van der Waals surface area contributed by atoms with E-state index >= 15 is 0 Å². The Morgan fingerprint density at radius 1 is 1.83 bits per heavy atom. The van der Waals surface area contributed by atoms with Gasteiger partial charge in [-0.1, -0.05) is 0 Å². The van der Waals surface area contributed by atoms with Gasteiger partial charge in [-0.25, -0.2) is 0 Å². The highest BCUT2D eigenvalue weighted by molar-refractivity contribution is 5.75. The van der Waals surface area contributed by atoms with Crippen LogP contribution in [0.5, 0.6) is 0 Å². The van der Waals surface area contributed by atoms with Gasteiger partial charge < -0.3 is 5.11 Å². The number of carbonyl (C=O) groups is 1. The van der Waals surface area contributed by atoms with Crippen molar-refractivity contribution in [1.29, 1.82) is 0 Å². The third-order valence-corrected chi connectivity index (χ3v) is 1.85. The molecule has 1 rings (SSSR count). The normalized spacial score (nSPS) is 12.8. The zero-order chi connectivity index (χ0) is 9.14. The lowest BCUT2D eigenvalue weighted by atomic mass is 10.1. The molecular formula is C8H12N2O2. The number of carboxylic acid groups (broad SMARTS) is 1. The van der Waals surface area contributed by atoms with Gasteiger partial charge in [0.15, 0.2) is 0 Å². The van der Waals surface area contributed by atoms with E-state index in [-0.39, 0.29) is 0 Å². The molecule has 0 spiro atoms.